The lowest BCUT2D eigenvalue weighted by Crippen LogP contribution is -2.15. The largest absolute Gasteiger partial charge is 0.462 e. The van der Waals surface area contributed by atoms with Crippen LogP contribution in [0.15, 0.2) is 53.7 Å². The smallest absolute Gasteiger partial charge is 0.338 e. The molecule has 9 heteroatoms. The van der Waals surface area contributed by atoms with Crippen molar-refractivity contribution in [1.29, 1.82) is 0 Å². The summed E-state index contributed by atoms with van der Waals surface area (Å²) in [7, 11) is 0. The maximum absolute atomic E-state index is 12.4. The van der Waals surface area contributed by atoms with Gasteiger partial charge in [-0.3, -0.25) is 9.36 Å². The third-order valence-electron chi connectivity index (χ3n) is 4.84. The quantitative estimate of drug-likeness (QED) is 0.446. The predicted octanol–water partition coefficient (Wildman–Crippen LogP) is 3.65. The average Bonchev–Trinajstić information content (AvgIpc) is 3.36. The van der Waals surface area contributed by atoms with E-state index in [4.69, 9.17) is 4.74 Å². The van der Waals surface area contributed by atoms with Gasteiger partial charge in [0.1, 0.15) is 0 Å². The number of esters is 1. The number of hydrogen-bond acceptors (Lipinski definition) is 7. The SMILES string of the molecule is CCOC(=O)c1ccc(NC(=O)CSc2nnc3n2CCN3c2ccc(C)cc2)cc1. The number of rotatable bonds is 7. The highest BCUT2D eigenvalue weighted by Gasteiger charge is 2.26. The van der Waals surface area contributed by atoms with E-state index in [1.807, 2.05) is 4.57 Å². The number of anilines is 3. The molecule has 1 aliphatic rings. The van der Waals surface area contributed by atoms with Crippen LogP contribution in [0.2, 0.25) is 0 Å². The molecule has 4 rings (SSSR count). The van der Waals surface area contributed by atoms with Gasteiger partial charge in [-0.1, -0.05) is 29.5 Å². The van der Waals surface area contributed by atoms with Gasteiger partial charge in [0.25, 0.3) is 0 Å². The Balaban J connectivity index is 1.34. The summed E-state index contributed by atoms with van der Waals surface area (Å²) in [6, 6.07) is 14.9. The summed E-state index contributed by atoms with van der Waals surface area (Å²) in [6.07, 6.45) is 0. The Bertz CT molecular complexity index is 1080. The molecule has 31 heavy (non-hydrogen) atoms. The van der Waals surface area contributed by atoms with Gasteiger partial charge >= 0.3 is 5.97 Å². The zero-order valence-corrected chi connectivity index (χ0v) is 18.2. The van der Waals surface area contributed by atoms with E-state index in [1.54, 1.807) is 31.2 Å². The summed E-state index contributed by atoms with van der Waals surface area (Å²) in [5.41, 5.74) is 3.36. The van der Waals surface area contributed by atoms with Crippen molar-refractivity contribution in [2.24, 2.45) is 0 Å². The molecule has 0 saturated heterocycles. The summed E-state index contributed by atoms with van der Waals surface area (Å²) in [4.78, 5) is 26.2. The average molecular weight is 438 g/mol. The number of ether oxygens (including phenoxy) is 1. The van der Waals surface area contributed by atoms with Crippen molar-refractivity contribution in [2.75, 3.05) is 29.1 Å². The number of carbonyl (C=O) groups is 2. The summed E-state index contributed by atoms with van der Waals surface area (Å²) in [5, 5.41) is 12.1. The third kappa shape index (κ3) is 4.72. The number of aromatic nitrogens is 3. The van der Waals surface area contributed by atoms with Crippen molar-refractivity contribution in [1.82, 2.24) is 14.8 Å². The number of thioether (sulfide) groups is 1. The van der Waals surface area contributed by atoms with Crippen LogP contribution in [0.5, 0.6) is 0 Å². The van der Waals surface area contributed by atoms with Crippen LogP contribution in [0.3, 0.4) is 0 Å². The highest BCUT2D eigenvalue weighted by molar-refractivity contribution is 7.99. The molecule has 1 aliphatic heterocycles. The Morgan fingerprint density at radius 3 is 2.52 bits per heavy atom. The van der Waals surface area contributed by atoms with Gasteiger partial charge in [-0.25, -0.2) is 4.79 Å². The van der Waals surface area contributed by atoms with Crippen LogP contribution in [0.1, 0.15) is 22.8 Å². The lowest BCUT2D eigenvalue weighted by molar-refractivity contribution is -0.113. The fourth-order valence-corrected chi connectivity index (χ4v) is 4.04. The normalized spacial score (nSPS) is 12.5. The van der Waals surface area contributed by atoms with Gasteiger partial charge in [-0.15, -0.1) is 10.2 Å². The number of hydrogen-bond donors (Lipinski definition) is 1. The predicted molar refractivity (Wildman–Crippen MR) is 120 cm³/mol. The molecule has 2 heterocycles. The first-order valence-corrected chi connectivity index (χ1v) is 11.0. The second-order valence-electron chi connectivity index (χ2n) is 7.06. The summed E-state index contributed by atoms with van der Waals surface area (Å²) in [5.74, 6) is 0.472. The van der Waals surface area contributed by atoms with E-state index in [-0.39, 0.29) is 17.6 Å². The van der Waals surface area contributed by atoms with Crippen LogP contribution in [0.25, 0.3) is 0 Å². The number of aryl methyl sites for hydroxylation is 1. The van der Waals surface area contributed by atoms with Crippen LogP contribution in [-0.4, -0.2) is 45.5 Å². The van der Waals surface area contributed by atoms with E-state index < -0.39 is 0 Å². The molecule has 0 bridgehead atoms. The van der Waals surface area contributed by atoms with E-state index in [2.05, 4.69) is 51.6 Å². The van der Waals surface area contributed by atoms with Gasteiger partial charge in [-0.2, -0.15) is 0 Å². The fourth-order valence-electron chi connectivity index (χ4n) is 3.28. The molecule has 160 valence electrons. The summed E-state index contributed by atoms with van der Waals surface area (Å²) >= 11 is 1.35. The molecule has 1 aromatic heterocycles. The molecule has 0 atom stereocenters. The van der Waals surface area contributed by atoms with Gasteiger partial charge in [-0.05, 0) is 50.2 Å². The lowest BCUT2D eigenvalue weighted by atomic mass is 10.2. The minimum absolute atomic E-state index is 0.153. The first-order valence-electron chi connectivity index (χ1n) is 10.0. The zero-order valence-electron chi connectivity index (χ0n) is 17.4. The Labute approximate surface area is 184 Å². The van der Waals surface area contributed by atoms with Gasteiger partial charge in [0.15, 0.2) is 5.16 Å². The molecular weight excluding hydrogens is 414 g/mol. The molecule has 1 N–H and O–H groups in total. The van der Waals surface area contributed by atoms with Gasteiger partial charge in [0, 0.05) is 24.5 Å². The maximum atomic E-state index is 12.4. The van der Waals surface area contributed by atoms with Gasteiger partial charge < -0.3 is 15.0 Å². The molecule has 0 aliphatic carbocycles. The number of nitrogens with one attached hydrogen (secondary N) is 1. The fraction of sp³-hybridized carbons (Fsp3) is 0.273. The first-order chi connectivity index (χ1) is 15.0. The maximum Gasteiger partial charge on any atom is 0.338 e. The molecule has 1 amide bonds. The molecule has 0 radical (unpaired) electrons. The van der Waals surface area contributed by atoms with Crippen LogP contribution in [-0.2, 0) is 16.1 Å². The number of benzene rings is 2. The van der Waals surface area contributed by atoms with Crippen molar-refractivity contribution >= 4 is 41.0 Å². The van der Waals surface area contributed by atoms with E-state index >= 15 is 0 Å². The zero-order chi connectivity index (χ0) is 21.8. The molecule has 0 unspecified atom stereocenters. The van der Waals surface area contributed by atoms with Crippen molar-refractivity contribution in [2.45, 2.75) is 25.5 Å². The monoisotopic (exact) mass is 437 g/mol. The summed E-state index contributed by atoms with van der Waals surface area (Å²) < 4.78 is 6.99. The minimum atomic E-state index is -0.378. The highest BCUT2D eigenvalue weighted by Crippen LogP contribution is 2.32. The molecule has 0 fully saturated rings. The van der Waals surface area contributed by atoms with Crippen molar-refractivity contribution in [3.05, 3.63) is 59.7 Å². The van der Waals surface area contributed by atoms with Crippen LogP contribution in [0.4, 0.5) is 17.3 Å². The molecule has 3 aromatic rings. The summed E-state index contributed by atoms with van der Waals surface area (Å²) in [6.45, 7) is 5.74. The minimum Gasteiger partial charge on any atom is -0.462 e. The Kier molecular flexibility index (Phi) is 6.22. The van der Waals surface area contributed by atoms with E-state index in [1.165, 1.54) is 17.3 Å². The van der Waals surface area contributed by atoms with E-state index in [9.17, 15) is 9.59 Å². The first kappa shape index (κ1) is 20.9. The Hall–Kier alpha value is -3.33. The van der Waals surface area contributed by atoms with Crippen LogP contribution >= 0.6 is 11.8 Å². The molecular formula is C22H23N5O3S. The van der Waals surface area contributed by atoms with Gasteiger partial charge in [0.05, 0.1) is 17.9 Å². The number of fused-ring (bicyclic) bond motifs is 1. The molecule has 2 aromatic carbocycles. The topological polar surface area (TPSA) is 89.3 Å². The second-order valence-corrected chi connectivity index (χ2v) is 8.00. The molecule has 0 saturated carbocycles. The molecule has 8 nitrogen and oxygen atoms in total. The molecule has 0 spiro atoms. The highest BCUT2D eigenvalue weighted by atomic mass is 32.2. The Morgan fingerprint density at radius 2 is 1.81 bits per heavy atom. The van der Waals surface area contributed by atoms with E-state index in [0.29, 0.717) is 17.9 Å². The lowest BCUT2D eigenvalue weighted by Gasteiger charge is -2.15. The van der Waals surface area contributed by atoms with Crippen LogP contribution < -0.4 is 10.2 Å². The number of amides is 1. The van der Waals surface area contributed by atoms with Crippen molar-refractivity contribution in [3.63, 3.8) is 0 Å². The Morgan fingerprint density at radius 1 is 1.06 bits per heavy atom. The standard InChI is InChI=1S/C22H23N5O3S/c1-3-30-20(29)16-6-8-17(9-7-16)23-19(28)14-31-22-25-24-21-26(12-13-27(21)22)18-10-4-15(2)5-11-18/h4-11H,3,12-14H2,1-2H3,(H,23,28). The van der Waals surface area contributed by atoms with E-state index in [0.717, 1.165) is 29.9 Å². The van der Waals surface area contributed by atoms with Crippen molar-refractivity contribution in [3.8, 4) is 0 Å². The second kappa shape index (κ2) is 9.22. The van der Waals surface area contributed by atoms with Gasteiger partial charge in [0.2, 0.25) is 11.9 Å². The van der Waals surface area contributed by atoms with Crippen molar-refractivity contribution < 1.29 is 14.3 Å². The number of carbonyl (C=O) groups excluding carboxylic acids is 2. The third-order valence-corrected chi connectivity index (χ3v) is 5.81. The van der Waals surface area contributed by atoms with Crippen LogP contribution in [0, 0.1) is 6.92 Å². The number of nitrogens with zero attached hydrogens (tertiary/aromatic N) is 4.